The summed E-state index contributed by atoms with van der Waals surface area (Å²) in [5.41, 5.74) is 2.46. The zero-order valence-corrected chi connectivity index (χ0v) is 12.4. The third-order valence-electron chi connectivity index (χ3n) is 3.39. The van der Waals surface area contributed by atoms with Gasteiger partial charge in [0.1, 0.15) is 5.01 Å². The van der Waals surface area contributed by atoms with Crippen molar-refractivity contribution in [1.29, 1.82) is 0 Å². The molecule has 1 saturated carbocycles. The monoisotopic (exact) mass is 289 g/mol. The van der Waals surface area contributed by atoms with Gasteiger partial charge >= 0.3 is 0 Å². The SMILES string of the molecule is COCCNCc1sc(-c2ccncc2)nc1C1CC1. The third-order valence-corrected chi connectivity index (χ3v) is 4.51. The Hall–Kier alpha value is -1.30. The van der Waals surface area contributed by atoms with E-state index in [0.29, 0.717) is 5.92 Å². The molecule has 2 heterocycles. The second kappa shape index (κ2) is 6.43. The standard InChI is InChI=1S/C15H19N3OS/c1-19-9-8-17-10-13-14(11-2-3-11)18-15(20-13)12-4-6-16-7-5-12/h4-7,11,17H,2-3,8-10H2,1H3. The van der Waals surface area contributed by atoms with Crippen molar-refractivity contribution in [2.45, 2.75) is 25.3 Å². The Morgan fingerprint density at radius 2 is 2.15 bits per heavy atom. The minimum absolute atomic E-state index is 0.682. The average molecular weight is 289 g/mol. The molecule has 1 aliphatic carbocycles. The molecule has 0 saturated heterocycles. The maximum absolute atomic E-state index is 5.06. The highest BCUT2D eigenvalue weighted by atomic mass is 32.1. The van der Waals surface area contributed by atoms with Crippen molar-refractivity contribution in [2.24, 2.45) is 0 Å². The molecule has 1 fully saturated rings. The fraction of sp³-hybridized carbons (Fsp3) is 0.467. The molecule has 0 amide bonds. The molecule has 0 unspecified atom stereocenters. The van der Waals surface area contributed by atoms with Crippen LogP contribution in [-0.2, 0) is 11.3 Å². The summed E-state index contributed by atoms with van der Waals surface area (Å²) in [5, 5.41) is 4.53. The molecule has 0 bridgehead atoms. The molecular weight excluding hydrogens is 270 g/mol. The highest BCUT2D eigenvalue weighted by Crippen LogP contribution is 2.44. The van der Waals surface area contributed by atoms with E-state index in [9.17, 15) is 0 Å². The lowest BCUT2D eigenvalue weighted by Crippen LogP contribution is -2.18. The van der Waals surface area contributed by atoms with Crippen molar-refractivity contribution in [3.05, 3.63) is 35.1 Å². The summed E-state index contributed by atoms with van der Waals surface area (Å²) >= 11 is 1.80. The lowest BCUT2D eigenvalue weighted by molar-refractivity contribution is 0.199. The van der Waals surface area contributed by atoms with Crippen LogP contribution in [0.4, 0.5) is 0 Å². The van der Waals surface area contributed by atoms with Crippen LogP contribution in [0.15, 0.2) is 24.5 Å². The largest absolute Gasteiger partial charge is 0.383 e. The Kier molecular flexibility index (Phi) is 4.40. The summed E-state index contributed by atoms with van der Waals surface area (Å²) in [5.74, 6) is 0.682. The van der Waals surface area contributed by atoms with Gasteiger partial charge in [-0.25, -0.2) is 4.98 Å². The van der Waals surface area contributed by atoms with E-state index < -0.39 is 0 Å². The van der Waals surface area contributed by atoms with E-state index in [2.05, 4.69) is 10.3 Å². The number of ether oxygens (including phenoxy) is 1. The highest BCUT2D eigenvalue weighted by molar-refractivity contribution is 7.15. The van der Waals surface area contributed by atoms with Crippen LogP contribution in [0.3, 0.4) is 0 Å². The Labute approximate surface area is 123 Å². The number of thiazole rings is 1. The van der Waals surface area contributed by atoms with Gasteiger partial charge in [-0.2, -0.15) is 0 Å². The van der Waals surface area contributed by atoms with Gasteiger partial charge in [0, 0.05) is 49.0 Å². The Balaban J connectivity index is 1.76. The summed E-state index contributed by atoms with van der Waals surface area (Å²) in [7, 11) is 1.73. The predicted octanol–water partition coefficient (Wildman–Crippen LogP) is 2.82. The van der Waals surface area contributed by atoms with E-state index in [1.54, 1.807) is 18.4 Å². The van der Waals surface area contributed by atoms with Crippen molar-refractivity contribution in [3.63, 3.8) is 0 Å². The van der Waals surface area contributed by atoms with Crippen LogP contribution in [0.5, 0.6) is 0 Å². The molecule has 0 aliphatic heterocycles. The lowest BCUT2D eigenvalue weighted by atomic mass is 10.2. The maximum atomic E-state index is 5.06. The Bertz CT molecular complexity index is 552. The summed E-state index contributed by atoms with van der Waals surface area (Å²) in [6.07, 6.45) is 6.21. The van der Waals surface area contributed by atoms with E-state index in [0.717, 1.165) is 30.3 Å². The Morgan fingerprint density at radius 3 is 2.85 bits per heavy atom. The predicted molar refractivity (Wildman–Crippen MR) is 80.9 cm³/mol. The molecule has 2 aromatic heterocycles. The molecule has 0 atom stereocenters. The van der Waals surface area contributed by atoms with E-state index >= 15 is 0 Å². The quantitative estimate of drug-likeness (QED) is 0.796. The number of hydrogen-bond acceptors (Lipinski definition) is 5. The molecule has 20 heavy (non-hydrogen) atoms. The van der Waals surface area contributed by atoms with Crippen LogP contribution in [0, 0.1) is 0 Å². The normalized spacial score (nSPS) is 14.7. The first-order chi connectivity index (χ1) is 9.88. The number of aromatic nitrogens is 2. The number of rotatable bonds is 7. The van der Waals surface area contributed by atoms with Crippen LogP contribution in [0.1, 0.15) is 29.3 Å². The van der Waals surface area contributed by atoms with Crippen molar-refractivity contribution in [2.75, 3.05) is 20.3 Å². The summed E-state index contributed by atoms with van der Waals surface area (Å²) in [6.45, 7) is 2.51. The third kappa shape index (κ3) is 3.23. The number of pyridine rings is 1. The van der Waals surface area contributed by atoms with Gasteiger partial charge in [-0.1, -0.05) is 0 Å². The summed E-state index contributed by atoms with van der Waals surface area (Å²) in [4.78, 5) is 10.3. The maximum Gasteiger partial charge on any atom is 0.124 e. The smallest absolute Gasteiger partial charge is 0.124 e. The molecular formula is C15H19N3OS. The van der Waals surface area contributed by atoms with Crippen LogP contribution >= 0.6 is 11.3 Å². The van der Waals surface area contributed by atoms with Gasteiger partial charge in [-0.15, -0.1) is 11.3 Å². The molecule has 3 rings (SSSR count). The van der Waals surface area contributed by atoms with E-state index in [1.807, 2.05) is 24.5 Å². The highest BCUT2D eigenvalue weighted by Gasteiger charge is 2.29. The van der Waals surface area contributed by atoms with Crippen molar-refractivity contribution in [3.8, 4) is 10.6 Å². The summed E-state index contributed by atoms with van der Waals surface area (Å²) in [6, 6.07) is 4.05. The molecule has 1 N–H and O–H groups in total. The van der Waals surface area contributed by atoms with Crippen molar-refractivity contribution >= 4 is 11.3 Å². The van der Waals surface area contributed by atoms with Crippen LogP contribution in [0.2, 0.25) is 0 Å². The second-order valence-corrected chi connectivity index (χ2v) is 6.09. The molecule has 1 aliphatic rings. The zero-order chi connectivity index (χ0) is 13.8. The number of hydrogen-bond donors (Lipinski definition) is 1. The lowest BCUT2D eigenvalue weighted by Gasteiger charge is -2.03. The van der Waals surface area contributed by atoms with Gasteiger partial charge in [-0.3, -0.25) is 4.98 Å². The van der Waals surface area contributed by atoms with Gasteiger partial charge in [0.2, 0.25) is 0 Å². The number of nitrogens with zero attached hydrogens (tertiary/aromatic N) is 2. The number of methoxy groups -OCH3 is 1. The molecule has 2 aromatic rings. The molecule has 0 radical (unpaired) electrons. The zero-order valence-electron chi connectivity index (χ0n) is 11.6. The van der Waals surface area contributed by atoms with Crippen molar-refractivity contribution < 1.29 is 4.74 Å². The van der Waals surface area contributed by atoms with Gasteiger partial charge in [0.05, 0.1) is 12.3 Å². The van der Waals surface area contributed by atoms with E-state index in [4.69, 9.17) is 9.72 Å². The topological polar surface area (TPSA) is 47.0 Å². The molecule has 4 nitrogen and oxygen atoms in total. The molecule has 0 aromatic carbocycles. The van der Waals surface area contributed by atoms with Gasteiger partial charge < -0.3 is 10.1 Å². The minimum Gasteiger partial charge on any atom is -0.383 e. The first-order valence-electron chi connectivity index (χ1n) is 6.98. The van der Waals surface area contributed by atoms with Crippen LogP contribution in [0.25, 0.3) is 10.6 Å². The second-order valence-electron chi connectivity index (χ2n) is 5.01. The van der Waals surface area contributed by atoms with Crippen LogP contribution < -0.4 is 5.32 Å². The minimum atomic E-state index is 0.682. The van der Waals surface area contributed by atoms with E-state index in [-0.39, 0.29) is 0 Å². The van der Waals surface area contributed by atoms with E-state index in [1.165, 1.54) is 23.4 Å². The van der Waals surface area contributed by atoms with Crippen molar-refractivity contribution in [1.82, 2.24) is 15.3 Å². The molecule has 5 heteroatoms. The first-order valence-corrected chi connectivity index (χ1v) is 7.80. The molecule has 0 spiro atoms. The summed E-state index contributed by atoms with van der Waals surface area (Å²) < 4.78 is 5.06. The fourth-order valence-corrected chi connectivity index (χ4v) is 3.28. The van der Waals surface area contributed by atoms with Gasteiger partial charge in [0.25, 0.3) is 0 Å². The first kappa shape index (κ1) is 13.7. The molecule has 106 valence electrons. The Morgan fingerprint density at radius 1 is 1.35 bits per heavy atom. The van der Waals surface area contributed by atoms with Gasteiger partial charge in [0.15, 0.2) is 0 Å². The van der Waals surface area contributed by atoms with Crippen LogP contribution in [-0.4, -0.2) is 30.2 Å². The van der Waals surface area contributed by atoms with Gasteiger partial charge in [-0.05, 0) is 25.0 Å². The number of nitrogens with one attached hydrogen (secondary N) is 1. The average Bonchev–Trinajstić information content (AvgIpc) is 3.25. The fourth-order valence-electron chi connectivity index (χ4n) is 2.16.